The van der Waals surface area contributed by atoms with Gasteiger partial charge in [-0.25, -0.2) is 4.99 Å². The number of ether oxygens (including phenoxy) is 1. The highest BCUT2D eigenvalue weighted by molar-refractivity contribution is 7.80. The van der Waals surface area contributed by atoms with Gasteiger partial charge in [0.2, 0.25) is 5.90 Å². The Morgan fingerprint density at radius 3 is 2.00 bits per heavy atom. The Labute approximate surface area is 210 Å². The quantitative estimate of drug-likeness (QED) is 0.104. The number of unbranched alkanes of at least 4 members (excludes halogenated alkanes) is 1. The third-order valence-corrected chi connectivity index (χ3v) is 8.23. The number of nitrogens with zero attached hydrogens (tertiary/aromatic N) is 1. The van der Waals surface area contributed by atoms with Gasteiger partial charge in [0.1, 0.15) is 6.61 Å². The van der Waals surface area contributed by atoms with Crippen molar-refractivity contribution in [3.63, 3.8) is 0 Å². The van der Waals surface area contributed by atoms with Crippen LogP contribution in [-0.4, -0.2) is 12.5 Å². The molecule has 2 nitrogen and oxygen atoms in total. The van der Waals surface area contributed by atoms with E-state index in [9.17, 15) is 0 Å². The van der Waals surface area contributed by atoms with E-state index in [0.717, 1.165) is 17.7 Å². The maximum Gasteiger partial charge on any atom is 0.222 e. The minimum absolute atomic E-state index is 0.399. The number of hydrogen-bond donors (Lipinski definition) is 0. The molecule has 0 unspecified atom stereocenters. The van der Waals surface area contributed by atoms with Crippen molar-refractivity contribution >= 4 is 35.4 Å². The van der Waals surface area contributed by atoms with Gasteiger partial charge in [0.25, 0.3) is 0 Å². The van der Waals surface area contributed by atoms with Gasteiger partial charge in [-0.2, -0.15) is 0 Å². The summed E-state index contributed by atoms with van der Waals surface area (Å²) in [5, 5.41) is 3.82. The van der Waals surface area contributed by atoms with Crippen LogP contribution in [-0.2, 0) is 11.2 Å². The summed E-state index contributed by atoms with van der Waals surface area (Å²) in [5.41, 5.74) is 3.25. The third kappa shape index (κ3) is 6.56. The maximum atomic E-state index is 6.18. The molecule has 0 aromatic heterocycles. The Hall–Kier alpha value is -3.48. The smallest absolute Gasteiger partial charge is 0.222 e. The molecule has 0 N–H and O–H groups in total. The average Bonchev–Trinajstić information content (AvgIpc) is 2.92. The minimum atomic E-state index is -0.788. The summed E-state index contributed by atoms with van der Waals surface area (Å²) in [6.07, 6.45) is 5.26. The molecule has 0 saturated carbocycles. The fourth-order valence-electron chi connectivity index (χ4n) is 3.97. The monoisotopic (exact) mass is 477 g/mol. The SMILES string of the molecule is C=CCOC(=Nc1ccc(CCCC)cc1)c1ccccc1P(c1ccccc1)c1ccccc1. The Bertz CT molecular complexity index is 1190. The van der Waals surface area contributed by atoms with Crippen LogP contribution in [0.15, 0.2) is 127 Å². The lowest BCUT2D eigenvalue weighted by Crippen LogP contribution is -2.26. The average molecular weight is 478 g/mol. The molecule has 0 heterocycles. The normalized spacial score (nSPS) is 11.4. The molecule has 0 spiro atoms. The molecule has 0 aliphatic heterocycles. The minimum Gasteiger partial charge on any atom is -0.473 e. The van der Waals surface area contributed by atoms with Crippen molar-refractivity contribution in [3.8, 4) is 0 Å². The molecule has 3 heteroatoms. The van der Waals surface area contributed by atoms with Crippen LogP contribution < -0.4 is 15.9 Å². The van der Waals surface area contributed by atoms with Crippen LogP contribution in [0.5, 0.6) is 0 Å². The molecule has 176 valence electrons. The van der Waals surface area contributed by atoms with Crippen molar-refractivity contribution < 1.29 is 4.74 Å². The van der Waals surface area contributed by atoms with Crippen LogP contribution >= 0.6 is 7.92 Å². The standard InChI is InChI=1S/C32H32NOP/c1-3-5-14-26-21-23-27(24-22-26)33-32(34-25-4-2)30-19-12-13-20-31(30)35(28-15-8-6-9-16-28)29-17-10-7-11-18-29/h4,6-13,15-24H,2-3,5,14,25H2,1H3. The van der Waals surface area contributed by atoms with Crippen LogP contribution in [0.25, 0.3) is 0 Å². The second-order valence-corrected chi connectivity index (χ2v) is 10.5. The molecule has 4 aromatic rings. The zero-order valence-electron chi connectivity index (χ0n) is 20.3. The van der Waals surface area contributed by atoms with Crippen molar-refractivity contribution in [1.29, 1.82) is 0 Å². The van der Waals surface area contributed by atoms with E-state index in [1.54, 1.807) is 6.08 Å². The molecular weight excluding hydrogens is 445 g/mol. The van der Waals surface area contributed by atoms with Crippen LogP contribution in [0, 0.1) is 0 Å². The molecule has 0 aliphatic carbocycles. The van der Waals surface area contributed by atoms with Gasteiger partial charge in [-0.3, -0.25) is 0 Å². The molecule has 0 atom stereocenters. The third-order valence-electron chi connectivity index (χ3n) is 5.73. The first-order valence-corrected chi connectivity index (χ1v) is 13.5. The van der Waals surface area contributed by atoms with Crippen LogP contribution in [0.1, 0.15) is 30.9 Å². The highest BCUT2D eigenvalue weighted by atomic mass is 31.1. The van der Waals surface area contributed by atoms with Crippen molar-refractivity contribution in [3.05, 3.63) is 133 Å². The number of aryl methyl sites for hydroxylation is 1. The van der Waals surface area contributed by atoms with Gasteiger partial charge in [-0.05, 0) is 60.4 Å². The number of benzene rings is 4. The summed E-state index contributed by atoms with van der Waals surface area (Å²) in [6.45, 7) is 6.47. The predicted octanol–water partition coefficient (Wildman–Crippen LogP) is 7.07. The van der Waals surface area contributed by atoms with Gasteiger partial charge in [-0.1, -0.05) is 117 Å². The molecule has 4 rings (SSSR count). The van der Waals surface area contributed by atoms with Crippen LogP contribution in [0.3, 0.4) is 0 Å². The molecule has 0 bridgehead atoms. The van der Waals surface area contributed by atoms with Crippen molar-refractivity contribution in [2.45, 2.75) is 26.2 Å². The highest BCUT2D eigenvalue weighted by Crippen LogP contribution is 2.34. The maximum absolute atomic E-state index is 6.18. The van der Waals surface area contributed by atoms with E-state index in [1.165, 1.54) is 34.3 Å². The fraction of sp³-hybridized carbons (Fsp3) is 0.156. The van der Waals surface area contributed by atoms with E-state index < -0.39 is 7.92 Å². The molecular formula is C32H32NOP. The molecule has 4 aromatic carbocycles. The summed E-state index contributed by atoms with van der Waals surface area (Å²) >= 11 is 0. The van der Waals surface area contributed by atoms with Crippen molar-refractivity contribution in [2.24, 2.45) is 4.99 Å². The van der Waals surface area contributed by atoms with Crippen molar-refractivity contribution in [2.75, 3.05) is 6.61 Å². The van der Waals surface area contributed by atoms with Crippen LogP contribution in [0.4, 0.5) is 5.69 Å². The Kier molecular flexibility index (Phi) is 9.04. The van der Waals surface area contributed by atoms with Gasteiger partial charge in [0, 0.05) is 5.56 Å². The van der Waals surface area contributed by atoms with Crippen molar-refractivity contribution in [1.82, 2.24) is 0 Å². The highest BCUT2D eigenvalue weighted by Gasteiger charge is 2.22. The van der Waals surface area contributed by atoms with Gasteiger partial charge in [0.15, 0.2) is 0 Å². The van der Waals surface area contributed by atoms with Gasteiger partial charge in [-0.15, -0.1) is 0 Å². The van der Waals surface area contributed by atoms with E-state index in [2.05, 4.69) is 123 Å². The Morgan fingerprint density at radius 1 is 0.800 bits per heavy atom. The summed E-state index contributed by atoms with van der Waals surface area (Å²) in [4.78, 5) is 4.98. The fourth-order valence-corrected chi connectivity index (χ4v) is 6.42. The van der Waals surface area contributed by atoms with E-state index in [4.69, 9.17) is 9.73 Å². The summed E-state index contributed by atoms with van der Waals surface area (Å²) in [6, 6.07) is 38.4. The van der Waals surface area contributed by atoms with E-state index in [0.29, 0.717) is 12.5 Å². The first kappa shape index (κ1) is 24.6. The largest absolute Gasteiger partial charge is 0.473 e. The Morgan fingerprint density at radius 2 is 1.40 bits per heavy atom. The second kappa shape index (κ2) is 12.8. The summed E-state index contributed by atoms with van der Waals surface area (Å²) in [5.74, 6) is 0.626. The van der Waals surface area contributed by atoms with E-state index >= 15 is 0 Å². The lowest BCUT2D eigenvalue weighted by molar-refractivity contribution is 0.352. The van der Waals surface area contributed by atoms with Gasteiger partial charge in [0.05, 0.1) is 5.69 Å². The van der Waals surface area contributed by atoms with Crippen LogP contribution in [0.2, 0.25) is 0 Å². The molecule has 0 amide bonds. The number of aliphatic imine (C=N–C) groups is 1. The topological polar surface area (TPSA) is 21.6 Å². The Balaban J connectivity index is 1.80. The van der Waals surface area contributed by atoms with E-state index in [-0.39, 0.29) is 0 Å². The molecule has 0 aliphatic rings. The summed E-state index contributed by atoms with van der Waals surface area (Å²) < 4.78 is 6.18. The first-order chi connectivity index (χ1) is 17.3. The lowest BCUT2D eigenvalue weighted by atomic mass is 10.1. The zero-order chi connectivity index (χ0) is 24.3. The van der Waals surface area contributed by atoms with E-state index in [1.807, 2.05) is 0 Å². The molecule has 0 radical (unpaired) electrons. The van der Waals surface area contributed by atoms with Gasteiger partial charge >= 0.3 is 0 Å². The number of rotatable bonds is 10. The predicted molar refractivity (Wildman–Crippen MR) is 153 cm³/mol. The molecule has 0 saturated heterocycles. The second-order valence-electron chi connectivity index (χ2n) is 8.31. The van der Waals surface area contributed by atoms with Gasteiger partial charge < -0.3 is 4.74 Å². The zero-order valence-corrected chi connectivity index (χ0v) is 21.2. The lowest BCUT2D eigenvalue weighted by Gasteiger charge is -2.22. The summed E-state index contributed by atoms with van der Waals surface area (Å²) in [7, 11) is -0.788. The first-order valence-electron chi connectivity index (χ1n) is 12.2. The molecule has 35 heavy (non-hydrogen) atoms. The number of hydrogen-bond acceptors (Lipinski definition) is 2. The molecule has 0 fully saturated rings.